The van der Waals surface area contributed by atoms with Crippen molar-refractivity contribution < 1.29 is 14.2 Å². The van der Waals surface area contributed by atoms with Gasteiger partial charge in [-0.15, -0.1) is 5.10 Å². The Morgan fingerprint density at radius 2 is 1.67 bits per heavy atom. The largest absolute Gasteiger partial charge is 0.333 e. The molecule has 0 atom stereocenters. The van der Waals surface area contributed by atoms with E-state index in [9.17, 15) is 0 Å². The van der Waals surface area contributed by atoms with Crippen LogP contribution in [0.4, 0.5) is 0 Å². The maximum Gasteiger partial charge on any atom is 0.333 e. The van der Waals surface area contributed by atoms with Gasteiger partial charge in [-0.05, 0) is 20.8 Å². The van der Waals surface area contributed by atoms with Crippen molar-refractivity contribution in [3.8, 4) is 0 Å². The topological polar surface area (TPSA) is 69.3 Å². The molecule has 1 aromatic heterocycles. The molecular weight excluding hydrogens is 198 g/mol. The number of H-pyrrole nitrogens is 1. The van der Waals surface area contributed by atoms with Crippen molar-refractivity contribution in [2.45, 2.75) is 26.7 Å². The number of nitrogens with zero attached hydrogens (tertiary/aromatic N) is 2. The molecule has 0 aliphatic heterocycles. The van der Waals surface area contributed by atoms with Gasteiger partial charge in [-0.1, -0.05) is 5.21 Å². The lowest BCUT2D eigenvalue weighted by atomic mass is 10.4. The minimum absolute atomic E-state index is 0.465. The summed E-state index contributed by atoms with van der Waals surface area (Å²) in [5.74, 6) is -1.23. The summed E-state index contributed by atoms with van der Waals surface area (Å²) in [7, 11) is 0. The summed E-state index contributed by atoms with van der Waals surface area (Å²) in [6.45, 7) is 7.00. The van der Waals surface area contributed by atoms with Crippen LogP contribution >= 0.6 is 0 Å². The summed E-state index contributed by atoms with van der Waals surface area (Å²) in [5, 5.41) is 10.1. The molecule has 86 valence electrons. The lowest BCUT2D eigenvalue weighted by Crippen LogP contribution is -2.37. The van der Waals surface area contributed by atoms with E-state index in [-0.39, 0.29) is 0 Å². The monoisotopic (exact) mass is 215 g/mol. The third kappa shape index (κ3) is 2.74. The van der Waals surface area contributed by atoms with Crippen LogP contribution in [0.15, 0.2) is 6.20 Å². The molecule has 6 heteroatoms. The molecule has 0 amide bonds. The van der Waals surface area contributed by atoms with Gasteiger partial charge in [-0.2, -0.15) is 0 Å². The molecule has 1 rings (SSSR count). The molecule has 15 heavy (non-hydrogen) atoms. The molecule has 0 unspecified atom stereocenters. The molecule has 0 aliphatic carbocycles. The van der Waals surface area contributed by atoms with E-state index in [0.717, 1.165) is 0 Å². The van der Waals surface area contributed by atoms with E-state index in [0.29, 0.717) is 25.5 Å². The second-order valence-electron chi connectivity index (χ2n) is 2.71. The minimum Gasteiger partial charge on any atom is -0.323 e. The Labute approximate surface area is 88.9 Å². The van der Waals surface area contributed by atoms with Gasteiger partial charge in [0.15, 0.2) is 5.69 Å². The van der Waals surface area contributed by atoms with Crippen molar-refractivity contribution >= 4 is 0 Å². The van der Waals surface area contributed by atoms with Gasteiger partial charge in [0.05, 0.1) is 26.0 Å². The van der Waals surface area contributed by atoms with Crippen molar-refractivity contribution in [2.75, 3.05) is 19.8 Å². The molecule has 0 saturated heterocycles. The Balaban J connectivity index is 2.90. The maximum atomic E-state index is 5.49. The number of rotatable bonds is 7. The van der Waals surface area contributed by atoms with E-state index in [1.54, 1.807) is 6.20 Å². The number of nitrogens with one attached hydrogen (secondary N) is 1. The third-order valence-corrected chi connectivity index (χ3v) is 1.73. The quantitative estimate of drug-likeness (QED) is 0.688. The molecule has 6 nitrogen and oxygen atoms in total. The minimum atomic E-state index is -1.23. The van der Waals surface area contributed by atoms with Crippen LogP contribution < -0.4 is 0 Å². The van der Waals surface area contributed by atoms with Crippen LogP contribution in [0.25, 0.3) is 0 Å². The van der Waals surface area contributed by atoms with Crippen LogP contribution in [0.3, 0.4) is 0 Å². The van der Waals surface area contributed by atoms with Crippen LogP contribution in [0.1, 0.15) is 26.5 Å². The highest BCUT2D eigenvalue weighted by Gasteiger charge is 2.38. The summed E-state index contributed by atoms with van der Waals surface area (Å²) in [5.41, 5.74) is 0.494. The molecular formula is C9H17N3O3. The highest BCUT2D eigenvalue weighted by molar-refractivity contribution is 4.97. The van der Waals surface area contributed by atoms with Gasteiger partial charge < -0.3 is 14.2 Å². The van der Waals surface area contributed by atoms with Crippen LogP contribution in [0, 0.1) is 0 Å². The average Bonchev–Trinajstić information content (AvgIpc) is 2.72. The number of aromatic amines is 1. The van der Waals surface area contributed by atoms with Gasteiger partial charge in [0, 0.05) is 0 Å². The smallest absolute Gasteiger partial charge is 0.323 e. The first-order chi connectivity index (χ1) is 7.29. The average molecular weight is 215 g/mol. The first kappa shape index (κ1) is 12.1. The summed E-state index contributed by atoms with van der Waals surface area (Å²) < 4.78 is 16.5. The normalized spacial score (nSPS) is 11.9. The van der Waals surface area contributed by atoms with E-state index in [4.69, 9.17) is 14.2 Å². The molecule has 1 aromatic rings. The second kappa shape index (κ2) is 5.79. The molecule has 1 heterocycles. The Hall–Kier alpha value is -0.980. The van der Waals surface area contributed by atoms with E-state index in [1.807, 2.05) is 20.8 Å². The number of hydrogen-bond acceptors (Lipinski definition) is 5. The summed E-state index contributed by atoms with van der Waals surface area (Å²) in [4.78, 5) is 0. The summed E-state index contributed by atoms with van der Waals surface area (Å²) in [6.07, 6.45) is 1.60. The predicted molar refractivity (Wildman–Crippen MR) is 52.9 cm³/mol. The first-order valence-corrected chi connectivity index (χ1v) is 5.07. The van der Waals surface area contributed by atoms with E-state index in [1.165, 1.54) is 0 Å². The van der Waals surface area contributed by atoms with Crippen molar-refractivity contribution in [1.82, 2.24) is 15.4 Å². The number of hydrogen-bond donors (Lipinski definition) is 1. The Morgan fingerprint density at radius 1 is 1.13 bits per heavy atom. The van der Waals surface area contributed by atoms with Gasteiger partial charge in [0.25, 0.3) is 0 Å². The van der Waals surface area contributed by atoms with E-state index >= 15 is 0 Å². The third-order valence-electron chi connectivity index (χ3n) is 1.73. The van der Waals surface area contributed by atoms with Crippen molar-refractivity contribution in [2.24, 2.45) is 0 Å². The summed E-state index contributed by atoms with van der Waals surface area (Å²) >= 11 is 0. The van der Waals surface area contributed by atoms with Gasteiger partial charge >= 0.3 is 5.97 Å². The van der Waals surface area contributed by atoms with Gasteiger partial charge in [-0.3, -0.25) is 5.10 Å². The maximum absolute atomic E-state index is 5.49. The zero-order chi connectivity index (χ0) is 11.1. The van der Waals surface area contributed by atoms with E-state index in [2.05, 4.69) is 15.4 Å². The highest BCUT2D eigenvalue weighted by Crippen LogP contribution is 2.26. The molecule has 0 aliphatic rings. The van der Waals surface area contributed by atoms with Crippen LogP contribution in [0.2, 0.25) is 0 Å². The lowest BCUT2D eigenvalue weighted by molar-refractivity contribution is -0.391. The highest BCUT2D eigenvalue weighted by atomic mass is 16.9. The predicted octanol–water partition coefficient (Wildman–Crippen LogP) is 1.02. The zero-order valence-corrected chi connectivity index (χ0v) is 9.32. The zero-order valence-electron chi connectivity index (χ0n) is 9.32. The fraction of sp³-hybridized carbons (Fsp3) is 0.778. The Morgan fingerprint density at radius 3 is 2.00 bits per heavy atom. The molecule has 0 fully saturated rings. The molecule has 0 aromatic carbocycles. The fourth-order valence-electron chi connectivity index (χ4n) is 1.27. The van der Waals surface area contributed by atoms with Gasteiger partial charge in [0.2, 0.25) is 0 Å². The van der Waals surface area contributed by atoms with E-state index < -0.39 is 5.97 Å². The fourth-order valence-corrected chi connectivity index (χ4v) is 1.27. The molecule has 0 saturated carbocycles. The van der Waals surface area contributed by atoms with Gasteiger partial charge in [-0.25, -0.2) is 0 Å². The van der Waals surface area contributed by atoms with Crippen molar-refractivity contribution in [3.05, 3.63) is 11.9 Å². The van der Waals surface area contributed by atoms with Gasteiger partial charge in [0.1, 0.15) is 0 Å². The van der Waals surface area contributed by atoms with Crippen molar-refractivity contribution in [3.63, 3.8) is 0 Å². The summed E-state index contributed by atoms with van der Waals surface area (Å²) in [6, 6.07) is 0. The number of ether oxygens (including phenoxy) is 3. The molecule has 0 spiro atoms. The Bertz CT molecular complexity index is 247. The Kier molecular flexibility index (Phi) is 4.67. The SMILES string of the molecule is CCOC(OCC)(OCC)c1c[nH]nn1. The molecule has 1 N–H and O–H groups in total. The second-order valence-corrected chi connectivity index (χ2v) is 2.71. The lowest BCUT2D eigenvalue weighted by Gasteiger charge is -2.29. The standard InChI is InChI=1S/C9H17N3O3/c1-4-13-9(14-5-2,15-6-3)8-7-10-12-11-8/h7H,4-6H2,1-3H3,(H,10,11,12). The van der Waals surface area contributed by atoms with Crippen LogP contribution in [-0.2, 0) is 20.2 Å². The number of aromatic nitrogens is 3. The van der Waals surface area contributed by atoms with Crippen LogP contribution in [0.5, 0.6) is 0 Å². The molecule has 0 radical (unpaired) electrons. The van der Waals surface area contributed by atoms with Crippen LogP contribution in [-0.4, -0.2) is 35.2 Å². The van der Waals surface area contributed by atoms with Crippen molar-refractivity contribution in [1.29, 1.82) is 0 Å². The first-order valence-electron chi connectivity index (χ1n) is 5.07. The molecule has 0 bridgehead atoms.